The zero-order valence-corrected chi connectivity index (χ0v) is 106. The number of carbonyl (C=O) groups excluding carboxylic acids is 1. The fraction of sp³-hybridized carbons (Fsp3) is 0.130. The molecular weight excluding hydrogens is 4110 g/mol. The maximum atomic E-state index is 10.3. The van der Waals surface area contributed by atoms with Gasteiger partial charge < -0.3 is 54.3 Å². The molecule has 560 valence electrons. The molecule has 8 aromatic rings. The van der Waals surface area contributed by atoms with Crippen molar-refractivity contribution in [3.05, 3.63) is 179 Å². The Morgan fingerprint density at radius 2 is 1.03 bits per heavy atom. The zero-order valence-electron chi connectivity index (χ0n) is 50.7. The van der Waals surface area contributed by atoms with Gasteiger partial charge in [-0.25, -0.2) is 9.97 Å². The van der Waals surface area contributed by atoms with Crippen molar-refractivity contribution in [2.75, 3.05) is 28.4 Å². The van der Waals surface area contributed by atoms with E-state index in [4.69, 9.17) is 50.6 Å². The number of ether oxygens (including phenoxy) is 4. The van der Waals surface area contributed by atoms with Crippen molar-refractivity contribution in [1.29, 1.82) is 0 Å². The first-order valence-electron chi connectivity index (χ1n) is 24.9. The number of oxime groups is 2. The topological polar surface area (TPSA) is 265 Å². The number of methoxy groups -OCH3 is 4. The van der Waals surface area contributed by atoms with Crippen LogP contribution in [-0.4, -0.2) is 105 Å². The predicted octanol–water partition coefficient (Wildman–Crippen LogP) is 25.0. The number of aldehydes is 1. The van der Waals surface area contributed by atoms with E-state index in [1.165, 1.54) is 51.7 Å². The van der Waals surface area contributed by atoms with Gasteiger partial charge in [0.1, 0.15) is 75.8 Å². The third-order valence-corrected chi connectivity index (χ3v) is 1000. The van der Waals surface area contributed by atoms with Gasteiger partial charge in [-0.1, -0.05) is 70.8 Å². The summed E-state index contributed by atoms with van der Waals surface area (Å²) in [4.78, 5) is 22.5. The second-order valence-corrected chi connectivity index (χ2v) is 445. The van der Waals surface area contributed by atoms with Crippen molar-refractivity contribution >= 4 is 377 Å². The molecule has 18 nitrogen and oxygen atoms in total. The molecule has 45 heteroatoms. The number of rotatable bonds is 16. The monoisotopic (exact) mass is 4170 g/mol. The summed E-state index contributed by atoms with van der Waals surface area (Å²) in [6, 6.07) is 37.3. The van der Waals surface area contributed by atoms with Gasteiger partial charge in [0.15, 0.2) is 17.2 Å². The van der Waals surface area contributed by atoms with Crippen LogP contribution < -0.4 is 45.5 Å². The molecule has 0 spiro atoms. The molecule has 0 aliphatic heterocycles. The van der Waals surface area contributed by atoms with Gasteiger partial charge in [0, 0.05) is 35.8 Å². The van der Waals surface area contributed by atoms with Gasteiger partial charge in [-0.3, -0.25) is 9.78 Å². The van der Waals surface area contributed by atoms with Crippen LogP contribution >= 0.6 is 351 Å². The quantitative estimate of drug-likeness (QED) is 0.00767. The first kappa shape index (κ1) is 108. The summed E-state index contributed by atoms with van der Waals surface area (Å²) >= 11 is 48.4. The summed E-state index contributed by atoms with van der Waals surface area (Å²) in [5, 5.41) is 63.4. The normalized spacial score (nSPS) is 11.4. The minimum atomic E-state index is -1.24. The van der Waals surface area contributed by atoms with Crippen molar-refractivity contribution in [3.8, 4) is 80.2 Å². The van der Waals surface area contributed by atoms with E-state index in [2.05, 4.69) is 338 Å². The first-order valence-corrected chi connectivity index (χ1v) is 162. The molecule has 8 rings (SSSR count). The Labute approximate surface area is 778 Å². The van der Waals surface area contributed by atoms with Crippen molar-refractivity contribution in [1.82, 2.24) is 20.1 Å². The molecule has 0 aliphatic rings. The zero-order chi connectivity index (χ0) is 75.2. The number of halogens is 26. The van der Waals surface area contributed by atoms with Crippen LogP contribution in [0.25, 0.3) is 22.7 Å². The van der Waals surface area contributed by atoms with Gasteiger partial charge in [0.25, 0.3) is 0 Å². The number of hydrogen-bond donors (Lipinski definition) is 6. The average Bonchev–Trinajstić information content (AvgIpc) is 1.72. The number of hydrogen-bond acceptors (Lipinski definition) is 18. The molecule has 4 aromatic carbocycles. The van der Waals surface area contributed by atoms with Gasteiger partial charge in [-0.2, -0.15) is 0 Å². The number of phenols is 4. The number of carbonyl (C=O) groups is 1. The first-order chi connectivity index (χ1) is 46.8. The van der Waals surface area contributed by atoms with Gasteiger partial charge in [-0.15, -0.1) is 5.54 Å². The van der Waals surface area contributed by atoms with Crippen molar-refractivity contribution in [2.45, 2.75) is 19.6 Å². The van der Waals surface area contributed by atoms with Gasteiger partial charge in [-0.05, 0) is 125 Å². The van der Waals surface area contributed by atoms with Crippen LogP contribution in [0, 0.1) is 11.5 Å². The predicted molar refractivity (Wildman–Crippen MR) is 601 cm³/mol. The van der Waals surface area contributed by atoms with E-state index in [0.29, 0.717) is 84.1 Å². The number of aromatic hydroxyl groups is 4. The van der Waals surface area contributed by atoms with Crippen molar-refractivity contribution < 1.29 is 85.6 Å². The third-order valence-electron chi connectivity index (χ3n) is 9.56. The fourth-order valence-electron chi connectivity index (χ4n) is 5.44. The van der Waals surface area contributed by atoms with Crippen LogP contribution in [0.4, 0.5) is 0 Å². The molecule has 0 saturated carbocycles. The molecule has 0 aliphatic carbocycles. The van der Waals surface area contributed by atoms with Crippen LogP contribution in [0.5, 0.6) is 46.0 Å². The van der Waals surface area contributed by atoms with Crippen molar-refractivity contribution in [2.24, 2.45) is 10.3 Å². The Kier molecular flexibility index (Phi) is 71.3. The van der Waals surface area contributed by atoms with Crippen LogP contribution in [0.2, 0.25) is 19.6 Å². The molecule has 0 radical (unpaired) electrons. The summed E-state index contributed by atoms with van der Waals surface area (Å²) < 4.78 is 25.9. The van der Waals surface area contributed by atoms with Crippen LogP contribution in [-0.2, 0) is 0 Å². The maximum absolute atomic E-state index is 10.3. The van der Waals surface area contributed by atoms with Gasteiger partial charge in [0.2, 0.25) is 0 Å². The molecular formula is C54H54BrClI24N6O12Si-2. The average molecular weight is 4170 g/mol. The molecule has 6 N–H and O–H groups in total. The molecule has 0 bridgehead atoms. The van der Waals surface area contributed by atoms with E-state index < -0.39 is 8.07 Å². The van der Waals surface area contributed by atoms with E-state index in [1.807, 2.05) is 54.6 Å². The molecule has 4 aromatic heterocycles. The Morgan fingerprint density at radius 1 is 0.566 bits per heavy atom. The molecule has 0 saturated heterocycles. The number of benzene rings is 4. The van der Waals surface area contributed by atoms with E-state index in [0.717, 1.165) is 16.5 Å². The van der Waals surface area contributed by atoms with E-state index in [-0.39, 0.29) is 102 Å². The molecule has 0 fully saturated rings. The molecule has 0 unspecified atom stereocenters. The van der Waals surface area contributed by atoms with Crippen LogP contribution in [0.1, 0.15) is 27.2 Å². The third kappa shape index (κ3) is 51.4. The summed E-state index contributed by atoms with van der Waals surface area (Å²) in [5.41, 5.74) is 6.79. The summed E-state index contributed by atoms with van der Waals surface area (Å²) in [6.07, 6.45) is 6.91. The Morgan fingerprint density at radius 3 is 1.40 bits per heavy atom. The SMILES string of the molecule is Brc1ccccn1.COc1ccc(O)c(-c2cc(-c3ccccn3)on2)c1.COc1ccc(O)c(/C(Cl)=N/O)c1.COc1ccc(O)c(/C=N/O)c1.COc1ccc(O)c(C=O)c1.C[Si](C)(C)C#Cc1ccccn1.II(I)I(I)I(I)I.I[I-]I(I)I(I)I.I[I-]I(I)I(I)I(I)I. The van der Waals surface area contributed by atoms with Crippen molar-refractivity contribution in [3.63, 3.8) is 0 Å². The molecule has 99 heavy (non-hydrogen) atoms. The summed E-state index contributed by atoms with van der Waals surface area (Å²) in [7, 11) is 2.61. The second kappa shape index (κ2) is 65.6. The van der Waals surface area contributed by atoms with E-state index in [9.17, 15) is 20.1 Å². The van der Waals surface area contributed by atoms with Crippen LogP contribution in [0.3, 0.4) is 0 Å². The van der Waals surface area contributed by atoms with E-state index in [1.54, 1.807) is 74.2 Å². The van der Waals surface area contributed by atoms with Crippen LogP contribution in [0.15, 0.2) is 171 Å². The Bertz CT molecular complexity index is 3660. The Hall–Kier alpha value is 8.62. The van der Waals surface area contributed by atoms with E-state index >= 15 is 0 Å². The summed E-state index contributed by atoms with van der Waals surface area (Å²) in [6.45, 7) is 6.68. The van der Waals surface area contributed by atoms with Gasteiger partial charge >= 0.3 is 350 Å². The Balaban J connectivity index is 0.00000111. The minimum absolute atomic E-state index is 0.0270. The fourth-order valence-corrected chi connectivity index (χ4v) is 1260. The number of aromatic nitrogens is 4. The molecule has 0 amide bonds. The van der Waals surface area contributed by atoms with Gasteiger partial charge in [0.05, 0.1) is 45.8 Å². The molecule has 4 heterocycles. The number of nitrogens with zero attached hydrogens (tertiary/aromatic N) is 6. The number of pyridine rings is 3. The number of phenolic OH excluding ortho intramolecular Hbond substituents is 4. The molecule has 0 atom stereocenters. The summed E-state index contributed by atoms with van der Waals surface area (Å²) in [5.74, 6) is 6.02. The standard InChI is InChI=1S/C15H12N2O3.C10H13NSi.C8H8ClNO3.C8H9NO3.C8H8O3.C5H4BrN.I9.I8.I7/c1-19-10-5-6-14(18)11(8-10)13-9-15(20-17-13)12-4-2-3-7-16-12;1-12(2,3)9-7-10-6-4-5-8-11-10;1-13-5-2-3-7(11)6(4-5)8(9)10-12;1-12-7-2-3-8(10)6(4-7)5-9-11;1-11-7-2-3-8(10)6(4-7)5-9;6-5-3-1-2-4-7-5;1-6-8(4)9(5)7(2)3;1-6(2)8(5)7(3)4;1-5-7(4)6(2)3/h2-9,18H,1H3;4-6,8H,1-3H3;2-4,11-12H,1H3;2-5,10-11H,1H3;2-5,10H,1H3;1-4H;;;/q;;;;;;-1;;-1/b;;10-8-;9-5+;;;;;. The second-order valence-electron chi connectivity index (χ2n) is 16.9.